The van der Waals surface area contributed by atoms with Gasteiger partial charge in [0.2, 0.25) is 0 Å². The van der Waals surface area contributed by atoms with Crippen molar-refractivity contribution >= 4 is 61.5 Å². The van der Waals surface area contributed by atoms with Crippen LogP contribution < -0.4 is 20.4 Å². The molecule has 0 radical (unpaired) electrons. The predicted molar refractivity (Wildman–Crippen MR) is 152 cm³/mol. The second kappa shape index (κ2) is 9.84. The fourth-order valence-corrected chi connectivity index (χ4v) is 9.31. The van der Waals surface area contributed by atoms with E-state index < -0.39 is 6.04 Å². The molecule has 0 spiro atoms. The first-order valence-electron chi connectivity index (χ1n) is 11.2. The Labute approximate surface area is 214 Å². The fourth-order valence-electron chi connectivity index (χ4n) is 4.48. The number of halogens is 1. The van der Waals surface area contributed by atoms with Gasteiger partial charge in [0.15, 0.2) is 5.44 Å². The van der Waals surface area contributed by atoms with Gasteiger partial charge in [0.1, 0.15) is 12.2 Å². The van der Waals surface area contributed by atoms with Crippen molar-refractivity contribution in [2.24, 2.45) is 0 Å². The molecule has 0 aliphatic rings. The van der Waals surface area contributed by atoms with Gasteiger partial charge in [0, 0.05) is 17.5 Å². The van der Waals surface area contributed by atoms with Gasteiger partial charge in [0.05, 0.1) is 12.2 Å². The highest BCUT2D eigenvalue weighted by molar-refractivity contribution is 9.10. The molecule has 0 aliphatic carbocycles. The zero-order chi connectivity index (χ0) is 23.5. The average molecular weight is 544 g/mol. The van der Waals surface area contributed by atoms with E-state index in [0.29, 0.717) is 0 Å². The minimum atomic E-state index is -2.29. The van der Waals surface area contributed by atoms with Crippen molar-refractivity contribution in [1.82, 2.24) is 4.57 Å². The van der Waals surface area contributed by atoms with Gasteiger partial charge < -0.3 is 0 Å². The Hall–Kier alpha value is -2.78. The SMILES string of the molecule is Cc1c(P(=S)(c2ccccc2)c2ccccc2)[n+]2ccccc2n1CC=Cc1cccc(Br)c1. The topological polar surface area (TPSA) is 9.03 Å². The van der Waals surface area contributed by atoms with Crippen molar-refractivity contribution in [3.63, 3.8) is 0 Å². The highest BCUT2D eigenvalue weighted by Crippen LogP contribution is 2.42. The lowest BCUT2D eigenvalue weighted by Crippen LogP contribution is -2.42. The molecule has 168 valence electrons. The number of nitrogens with zero attached hydrogens (tertiary/aromatic N) is 2. The van der Waals surface area contributed by atoms with Gasteiger partial charge in [-0.3, -0.25) is 0 Å². The molecular formula is C29H25BrN2PS+. The Morgan fingerprint density at radius 3 is 2.15 bits per heavy atom. The summed E-state index contributed by atoms with van der Waals surface area (Å²) in [5.41, 5.74) is 4.75. The number of hydrogen-bond acceptors (Lipinski definition) is 1. The summed E-state index contributed by atoms with van der Waals surface area (Å²) in [6.45, 7) is 2.98. The second-order valence-corrected chi connectivity index (χ2v) is 13.4. The summed E-state index contributed by atoms with van der Waals surface area (Å²) >= 11 is 10.2. The Morgan fingerprint density at radius 1 is 0.853 bits per heavy atom. The molecule has 34 heavy (non-hydrogen) atoms. The fraction of sp³-hybridized carbons (Fsp3) is 0.0690. The third-order valence-corrected chi connectivity index (χ3v) is 11.5. The number of rotatable bonds is 6. The maximum absolute atomic E-state index is 6.69. The first-order valence-corrected chi connectivity index (χ1v) is 14.8. The first kappa shape index (κ1) is 23.0. The summed E-state index contributed by atoms with van der Waals surface area (Å²) in [7, 11) is 0. The van der Waals surface area contributed by atoms with Crippen LogP contribution in [0.4, 0.5) is 0 Å². The maximum Gasteiger partial charge on any atom is 0.287 e. The van der Waals surface area contributed by atoms with Crippen LogP contribution >= 0.6 is 22.0 Å². The van der Waals surface area contributed by atoms with Crippen molar-refractivity contribution in [2.45, 2.75) is 13.5 Å². The molecule has 0 bridgehead atoms. The van der Waals surface area contributed by atoms with Gasteiger partial charge in [-0.2, -0.15) is 4.40 Å². The summed E-state index contributed by atoms with van der Waals surface area (Å²) in [5, 5.41) is 2.42. The van der Waals surface area contributed by atoms with E-state index in [2.05, 4.69) is 147 Å². The summed E-state index contributed by atoms with van der Waals surface area (Å²) in [4.78, 5) is 0. The van der Waals surface area contributed by atoms with E-state index >= 15 is 0 Å². The van der Waals surface area contributed by atoms with Gasteiger partial charge >= 0.3 is 0 Å². The number of benzene rings is 3. The monoisotopic (exact) mass is 543 g/mol. The third kappa shape index (κ3) is 4.22. The Morgan fingerprint density at radius 2 is 1.50 bits per heavy atom. The van der Waals surface area contributed by atoms with Gasteiger partial charge in [-0.15, -0.1) is 0 Å². The summed E-state index contributed by atoms with van der Waals surface area (Å²) in [6, 6.07) is 33.7. The van der Waals surface area contributed by atoms with Crippen LogP contribution in [0.2, 0.25) is 0 Å². The zero-order valence-corrected chi connectivity index (χ0v) is 22.2. The molecule has 5 heteroatoms. The molecule has 0 saturated carbocycles. The van der Waals surface area contributed by atoms with Crippen LogP contribution in [-0.4, -0.2) is 4.57 Å². The van der Waals surface area contributed by atoms with Crippen molar-refractivity contribution in [1.29, 1.82) is 0 Å². The standard InChI is InChI=1S/C29H25BrN2PS/c1-23-29(33(34,26-15-4-2-5-16-26)27-17-6-3-7-18-27)32-20-9-8-19-28(32)31(23)21-11-13-24-12-10-14-25(30)22-24/h2-20,22H,21H2,1H3/q+1. The molecule has 0 aliphatic heterocycles. The average Bonchev–Trinajstić information content (AvgIpc) is 3.16. The quantitative estimate of drug-likeness (QED) is 0.195. The molecule has 0 atom stereocenters. The first-order chi connectivity index (χ1) is 16.6. The lowest BCUT2D eigenvalue weighted by atomic mass is 10.2. The van der Waals surface area contributed by atoms with Gasteiger partial charge in [0.25, 0.3) is 5.65 Å². The van der Waals surface area contributed by atoms with E-state index in [9.17, 15) is 0 Å². The third-order valence-electron chi connectivity index (χ3n) is 6.06. The summed E-state index contributed by atoms with van der Waals surface area (Å²) in [5.74, 6) is 0. The second-order valence-electron chi connectivity index (χ2n) is 8.19. The van der Waals surface area contributed by atoms with Crippen LogP contribution in [-0.2, 0) is 18.4 Å². The zero-order valence-electron chi connectivity index (χ0n) is 18.9. The van der Waals surface area contributed by atoms with Crippen LogP contribution in [0, 0.1) is 6.92 Å². The number of hydrogen-bond donors (Lipinski definition) is 0. The van der Waals surface area contributed by atoms with Crippen LogP contribution in [0.3, 0.4) is 0 Å². The van der Waals surface area contributed by atoms with E-state index in [1.807, 2.05) is 6.07 Å². The van der Waals surface area contributed by atoms with Crippen molar-refractivity contribution in [3.8, 4) is 0 Å². The minimum absolute atomic E-state index is 0.769. The molecule has 5 aromatic rings. The van der Waals surface area contributed by atoms with E-state index in [0.717, 1.165) is 16.7 Å². The van der Waals surface area contributed by atoms with Crippen LogP contribution in [0.15, 0.2) is 120 Å². The molecular weight excluding hydrogens is 519 g/mol. The number of aromatic nitrogens is 2. The maximum atomic E-state index is 6.69. The number of pyridine rings is 1. The highest BCUT2D eigenvalue weighted by atomic mass is 79.9. The molecule has 0 fully saturated rings. The predicted octanol–water partition coefficient (Wildman–Crippen LogP) is 5.77. The Bertz CT molecular complexity index is 1480. The number of imidazole rings is 1. The molecule has 0 amide bonds. The molecule has 0 saturated heterocycles. The van der Waals surface area contributed by atoms with Crippen molar-refractivity contribution in [2.75, 3.05) is 0 Å². The van der Waals surface area contributed by atoms with E-state index in [1.54, 1.807) is 0 Å². The number of allylic oxidation sites excluding steroid dienone is 1. The molecule has 5 rings (SSSR count). The van der Waals surface area contributed by atoms with Crippen molar-refractivity contribution < 1.29 is 4.40 Å². The van der Waals surface area contributed by atoms with Crippen LogP contribution in [0.25, 0.3) is 11.7 Å². The molecule has 2 nitrogen and oxygen atoms in total. The lowest BCUT2D eigenvalue weighted by molar-refractivity contribution is -0.490. The molecule has 2 aromatic heterocycles. The normalized spacial score (nSPS) is 11.9. The van der Waals surface area contributed by atoms with Gasteiger partial charge in [-0.05, 0) is 40.4 Å². The Kier molecular flexibility index (Phi) is 6.65. The molecule has 0 unspecified atom stereocenters. The highest BCUT2D eigenvalue weighted by Gasteiger charge is 2.36. The van der Waals surface area contributed by atoms with Crippen LogP contribution in [0.1, 0.15) is 11.3 Å². The summed E-state index contributed by atoms with van der Waals surface area (Å²) < 4.78 is 5.77. The molecule has 2 heterocycles. The van der Waals surface area contributed by atoms with Crippen molar-refractivity contribution in [3.05, 3.63) is 131 Å². The van der Waals surface area contributed by atoms with Gasteiger partial charge in [-0.25, -0.2) is 4.57 Å². The molecule has 3 aromatic carbocycles. The van der Waals surface area contributed by atoms with Crippen LogP contribution in [0.5, 0.6) is 0 Å². The van der Waals surface area contributed by atoms with E-state index in [4.69, 9.17) is 11.8 Å². The minimum Gasteiger partial charge on any atom is -0.223 e. The lowest BCUT2D eigenvalue weighted by Gasteiger charge is -2.21. The smallest absolute Gasteiger partial charge is 0.223 e. The Balaban J connectivity index is 1.69. The van der Waals surface area contributed by atoms with Gasteiger partial charge in [-0.1, -0.05) is 113 Å². The summed E-state index contributed by atoms with van der Waals surface area (Å²) in [6.07, 6.45) is 6.55. The largest absolute Gasteiger partial charge is 0.287 e. The molecule has 0 N–H and O–H groups in total. The van der Waals surface area contributed by atoms with E-state index in [1.165, 1.54) is 27.3 Å². The van der Waals surface area contributed by atoms with E-state index in [-0.39, 0.29) is 0 Å². The number of fused-ring (bicyclic) bond motifs is 1.